The Bertz CT molecular complexity index is 1290. The molecule has 1 amide bonds. The maximum absolute atomic E-state index is 12.8. The molecule has 136 valence electrons. The number of nitrogens with one attached hydrogen (secondary N) is 1. The van der Waals surface area contributed by atoms with Crippen LogP contribution in [0.5, 0.6) is 0 Å². The number of fused-ring (bicyclic) bond motifs is 2. The number of carbonyl (C=O) groups excluding carboxylic acids is 1. The van der Waals surface area contributed by atoms with Crippen LogP contribution in [0.3, 0.4) is 0 Å². The Morgan fingerprint density at radius 3 is 2.67 bits per heavy atom. The second kappa shape index (κ2) is 6.25. The first-order chi connectivity index (χ1) is 12.8. The second-order valence-electron chi connectivity index (χ2n) is 6.60. The molecule has 0 radical (unpaired) electrons. The van der Waals surface area contributed by atoms with Gasteiger partial charge in [0.15, 0.2) is 0 Å². The van der Waals surface area contributed by atoms with Gasteiger partial charge in [-0.05, 0) is 49.2 Å². The van der Waals surface area contributed by atoms with Crippen LogP contribution in [0.4, 0.5) is 5.69 Å². The van der Waals surface area contributed by atoms with Gasteiger partial charge in [-0.3, -0.25) is 14.0 Å². The lowest BCUT2D eigenvalue weighted by molar-refractivity contribution is 0.101. The number of benzene rings is 1. The lowest BCUT2D eigenvalue weighted by Gasteiger charge is -2.08. The van der Waals surface area contributed by atoms with Crippen molar-refractivity contribution in [3.63, 3.8) is 0 Å². The summed E-state index contributed by atoms with van der Waals surface area (Å²) >= 11 is 6.12. The fourth-order valence-corrected chi connectivity index (χ4v) is 3.24. The summed E-state index contributed by atoms with van der Waals surface area (Å²) in [6.45, 7) is 3.80. The van der Waals surface area contributed by atoms with Gasteiger partial charge in [-0.15, -0.1) is 0 Å². The van der Waals surface area contributed by atoms with Gasteiger partial charge in [0.2, 0.25) is 0 Å². The van der Waals surface area contributed by atoms with Crippen LogP contribution in [-0.4, -0.2) is 19.9 Å². The molecular formula is C20H17ClN4O2. The minimum atomic E-state index is -0.333. The SMILES string of the molecule is Cc1ccc2nc3c(cc(C(=O)Nc4ccc(C)c(Cl)c4)n3C)c(=O)n2c1. The van der Waals surface area contributed by atoms with Crippen molar-refractivity contribution in [3.8, 4) is 0 Å². The van der Waals surface area contributed by atoms with E-state index in [0.29, 0.717) is 33.1 Å². The number of pyridine rings is 1. The molecule has 4 aromatic rings. The third-order valence-corrected chi connectivity index (χ3v) is 5.02. The van der Waals surface area contributed by atoms with E-state index in [0.717, 1.165) is 11.1 Å². The zero-order chi connectivity index (χ0) is 19.3. The molecule has 6 nitrogen and oxygen atoms in total. The summed E-state index contributed by atoms with van der Waals surface area (Å²) in [5, 5.41) is 3.79. The van der Waals surface area contributed by atoms with Gasteiger partial charge in [-0.1, -0.05) is 23.7 Å². The summed E-state index contributed by atoms with van der Waals surface area (Å²) in [7, 11) is 1.72. The normalized spacial score (nSPS) is 11.3. The molecule has 0 aliphatic rings. The highest BCUT2D eigenvalue weighted by molar-refractivity contribution is 6.31. The topological polar surface area (TPSA) is 68.4 Å². The van der Waals surface area contributed by atoms with E-state index in [4.69, 9.17) is 11.6 Å². The summed E-state index contributed by atoms with van der Waals surface area (Å²) in [5.41, 5.74) is 3.62. The molecule has 0 saturated carbocycles. The zero-order valence-corrected chi connectivity index (χ0v) is 15.8. The van der Waals surface area contributed by atoms with E-state index in [9.17, 15) is 9.59 Å². The van der Waals surface area contributed by atoms with Crippen LogP contribution < -0.4 is 10.9 Å². The lowest BCUT2D eigenvalue weighted by Crippen LogP contribution is -2.16. The Hall–Kier alpha value is -3.12. The van der Waals surface area contributed by atoms with E-state index in [1.54, 1.807) is 42.1 Å². The number of amides is 1. The third-order valence-electron chi connectivity index (χ3n) is 4.61. The van der Waals surface area contributed by atoms with Crippen LogP contribution >= 0.6 is 11.6 Å². The Labute approximate surface area is 160 Å². The number of hydrogen-bond donors (Lipinski definition) is 1. The van der Waals surface area contributed by atoms with E-state index in [1.807, 2.05) is 26.0 Å². The summed E-state index contributed by atoms with van der Waals surface area (Å²) < 4.78 is 3.13. The van der Waals surface area contributed by atoms with Crippen LogP contribution in [0.25, 0.3) is 16.7 Å². The van der Waals surface area contributed by atoms with Crippen molar-refractivity contribution >= 4 is 39.9 Å². The first kappa shape index (κ1) is 17.3. The Morgan fingerprint density at radius 1 is 1.15 bits per heavy atom. The predicted octanol–water partition coefficient (Wildman–Crippen LogP) is 3.71. The number of hydrogen-bond acceptors (Lipinski definition) is 3. The Kier molecular flexibility index (Phi) is 4.00. The molecule has 1 aromatic carbocycles. The van der Waals surface area contributed by atoms with Crippen LogP contribution in [0.2, 0.25) is 5.02 Å². The molecule has 0 unspecified atom stereocenters. The van der Waals surface area contributed by atoms with Gasteiger partial charge in [0.25, 0.3) is 11.5 Å². The number of aromatic nitrogens is 3. The molecule has 27 heavy (non-hydrogen) atoms. The Balaban J connectivity index is 1.82. The molecule has 0 bridgehead atoms. The molecule has 7 heteroatoms. The largest absolute Gasteiger partial charge is 0.324 e. The highest BCUT2D eigenvalue weighted by Crippen LogP contribution is 2.21. The molecule has 3 aromatic heterocycles. The molecule has 0 spiro atoms. The number of halogens is 1. The summed E-state index contributed by atoms with van der Waals surface area (Å²) in [4.78, 5) is 30.1. The number of aryl methyl sites for hydroxylation is 3. The molecule has 4 rings (SSSR count). The van der Waals surface area contributed by atoms with E-state index < -0.39 is 0 Å². The number of nitrogens with zero attached hydrogens (tertiary/aromatic N) is 3. The zero-order valence-electron chi connectivity index (χ0n) is 15.1. The summed E-state index contributed by atoms with van der Waals surface area (Å²) in [5.74, 6) is -0.333. The van der Waals surface area contributed by atoms with E-state index >= 15 is 0 Å². The van der Waals surface area contributed by atoms with Gasteiger partial charge in [0.05, 0.1) is 5.39 Å². The van der Waals surface area contributed by atoms with Crippen molar-refractivity contribution in [1.29, 1.82) is 0 Å². The average Bonchev–Trinajstić information content (AvgIpc) is 2.96. The van der Waals surface area contributed by atoms with Crippen LogP contribution in [0.1, 0.15) is 21.6 Å². The van der Waals surface area contributed by atoms with Crippen molar-refractivity contribution in [2.45, 2.75) is 13.8 Å². The maximum Gasteiger partial charge on any atom is 0.272 e. The number of anilines is 1. The molecule has 0 aliphatic carbocycles. The smallest absolute Gasteiger partial charge is 0.272 e. The minimum absolute atomic E-state index is 0.202. The van der Waals surface area contributed by atoms with Crippen molar-refractivity contribution in [2.24, 2.45) is 7.05 Å². The third kappa shape index (κ3) is 2.88. The van der Waals surface area contributed by atoms with Crippen molar-refractivity contribution in [2.75, 3.05) is 5.32 Å². The molecule has 0 aliphatic heterocycles. The molecular weight excluding hydrogens is 364 g/mol. The maximum atomic E-state index is 12.8. The van der Waals surface area contributed by atoms with E-state index in [1.165, 1.54) is 4.40 Å². The Morgan fingerprint density at radius 2 is 1.93 bits per heavy atom. The van der Waals surface area contributed by atoms with Gasteiger partial charge in [0.1, 0.15) is 17.0 Å². The van der Waals surface area contributed by atoms with Crippen molar-refractivity contribution < 1.29 is 4.79 Å². The standard InChI is InChI=1S/C20H17ClN4O2/c1-11-4-7-17-23-18-14(20(27)25(17)10-11)9-16(24(18)3)19(26)22-13-6-5-12(2)15(21)8-13/h4-10H,1-3H3,(H,22,26). The predicted molar refractivity (Wildman–Crippen MR) is 107 cm³/mol. The second-order valence-corrected chi connectivity index (χ2v) is 7.00. The van der Waals surface area contributed by atoms with Crippen molar-refractivity contribution in [1.82, 2.24) is 14.0 Å². The summed E-state index contributed by atoms with van der Waals surface area (Å²) in [6.07, 6.45) is 1.74. The quantitative estimate of drug-likeness (QED) is 0.576. The highest BCUT2D eigenvalue weighted by atomic mass is 35.5. The first-order valence-corrected chi connectivity index (χ1v) is 8.79. The molecule has 0 fully saturated rings. The highest BCUT2D eigenvalue weighted by Gasteiger charge is 2.18. The van der Waals surface area contributed by atoms with Gasteiger partial charge in [-0.2, -0.15) is 0 Å². The molecule has 0 saturated heterocycles. The van der Waals surface area contributed by atoms with Gasteiger partial charge in [0, 0.05) is 24.0 Å². The van der Waals surface area contributed by atoms with Crippen LogP contribution in [0.15, 0.2) is 47.4 Å². The summed E-state index contributed by atoms with van der Waals surface area (Å²) in [6, 6.07) is 10.6. The van der Waals surface area contributed by atoms with Gasteiger partial charge < -0.3 is 9.88 Å². The van der Waals surface area contributed by atoms with Gasteiger partial charge >= 0.3 is 0 Å². The fraction of sp³-hybridized carbons (Fsp3) is 0.150. The monoisotopic (exact) mass is 380 g/mol. The molecule has 0 atom stereocenters. The first-order valence-electron chi connectivity index (χ1n) is 8.41. The average molecular weight is 381 g/mol. The lowest BCUT2D eigenvalue weighted by atomic mass is 10.2. The minimum Gasteiger partial charge on any atom is -0.324 e. The molecule has 1 N–H and O–H groups in total. The molecule has 3 heterocycles. The number of carbonyl (C=O) groups is 1. The van der Waals surface area contributed by atoms with Crippen LogP contribution in [-0.2, 0) is 7.05 Å². The van der Waals surface area contributed by atoms with Crippen molar-refractivity contribution in [3.05, 3.63) is 74.8 Å². The van der Waals surface area contributed by atoms with Crippen LogP contribution in [0, 0.1) is 13.8 Å². The fourth-order valence-electron chi connectivity index (χ4n) is 3.06. The number of rotatable bonds is 2. The van der Waals surface area contributed by atoms with Gasteiger partial charge in [-0.25, -0.2) is 4.98 Å². The van der Waals surface area contributed by atoms with E-state index in [2.05, 4.69) is 10.3 Å². The van der Waals surface area contributed by atoms with E-state index in [-0.39, 0.29) is 11.5 Å².